The molecule has 1 N–H and O–H groups in total. The quantitative estimate of drug-likeness (QED) is 0.844. The highest BCUT2D eigenvalue weighted by atomic mass is 35.5. The molecule has 0 atom stereocenters. The lowest BCUT2D eigenvalue weighted by Crippen LogP contribution is -2.44. The third kappa shape index (κ3) is 3.41. The van der Waals surface area contributed by atoms with Gasteiger partial charge in [-0.25, -0.2) is 4.39 Å². The maximum Gasteiger partial charge on any atom is 0.235 e. The average molecular weight is 368 g/mol. The minimum atomic E-state index is -0.769. The van der Waals surface area contributed by atoms with Crippen LogP contribution in [0.2, 0.25) is 10.0 Å². The first-order chi connectivity index (χ1) is 11.5. The Morgan fingerprint density at radius 3 is 2.38 bits per heavy atom. The van der Waals surface area contributed by atoms with E-state index in [4.69, 9.17) is 27.9 Å². The summed E-state index contributed by atoms with van der Waals surface area (Å²) in [5.41, 5.74) is 0.503. The zero-order chi connectivity index (χ0) is 17.2. The van der Waals surface area contributed by atoms with E-state index in [0.717, 1.165) is 5.56 Å². The SMILES string of the molecule is O=C(Nc1ccc(Cl)cc1Cl)C1(c2ccc(F)cc2)CCOCC1. The predicted molar refractivity (Wildman–Crippen MR) is 93.2 cm³/mol. The first kappa shape index (κ1) is 17.2. The fourth-order valence-corrected chi connectivity index (χ4v) is 3.42. The van der Waals surface area contributed by atoms with Crippen LogP contribution in [0.1, 0.15) is 18.4 Å². The van der Waals surface area contributed by atoms with Gasteiger partial charge < -0.3 is 10.1 Å². The van der Waals surface area contributed by atoms with Crippen molar-refractivity contribution in [2.45, 2.75) is 18.3 Å². The summed E-state index contributed by atoms with van der Waals surface area (Å²) in [5.74, 6) is -0.510. The molecule has 3 rings (SSSR count). The molecule has 24 heavy (non-hydrogen) atoms. The van der Waals surface area contributed by atoms with E-state index in [0.29, 0.717) is 41.8 Å². The number of hydrogen-bond acceptors (Lipinski definition) is 2. The van der Waals surface area contributed by atoms with Gasteiger partial charge in [-0.15, -0.1) is 0 Å². The average Bonchev–Trinajstić information content (AvgIpc) is 2.58. The number of halogens is 3. The summed E-state index contributed by atoms with van der Waals surface area (Å²) in [6.45, 7) is 0.943. The van der Waals surface area contributed by atoms with Crippen LogP contribution in [-0.4, -0.2) is 19.1 Å². The van der Waals surface area contributed by atoms with Crippen molar-refractivity contribution in [3.8, 4) is 0 Å². The molecular weight excluding hydrogens is 352 g/mol. The highest BCUT2D eigenvalue weighted by molar-refractivity contribution is 6.36. The fourth-order valence-electron chi connectivity index (χ4n) is 2.97. The second-order valence-corrected chi connectivity index (χ2v) is 6.62. The third-order valence-corrected chi connectivity index (χ3v) is 4.90. The molecule has 1 amide bonds. The molecule has 1 saturated heterocycles. The van der Waals surface area contributed by atoms with E-state index >= 15 is 0 Å². The van der Waals surface area contributed by atoms with E-state index in [1.54, 1.807) is 30.3 Å². The molecule has 0 aromatic heterocycles. The summed E-state index contributed by atoms with van der Waals surface area (Å²) < 4.78 is 18.7. The minimum Gasteiger partial charge on any atom is -0.381 e. The van der Waals surface area contributed by atoms with Crippen molar-refractivity contribution in [3.63, 3.8) is 0 Å². The number of carbonyl (C=O) groups excluding carboxylic acids is 1. The number of benzene rings is 2. The number of ether oxygens (including phenoxy) is 1. The summed E-state index contributed by atoms with van der Waals surface area (Å²) in [6, 6.07) is 11.0. The molecule has 2 aromatic carbocycles. The van der Waals surface area contributed by atoms with Gasteiger partial charge in [-0.05, 0) is 48.7 Å². The van der Waals surface area contributed by atoms with Gasteiger partial charge in [0.05, 0.1) is 16.1 Å². The summed E-state index contributed by atoms with van der Waals surface area (Å²) in [4.78, 5) is 13.1. The molecule has 0 spiro atoms. The van der Waals surface area contributed by atoms with Gasteiger partial charge in [-0.1, -0.05) is 35.3 Å². The largest absolute Gasteiger partial charge is 0.381 e. The second-order valence-electron chi connectivity index (χ2n) is 5.78. The van der Waals surface area contributed by atoms with Crippen LogP contribution in [-0.2, 0) is 14.9 Å². The zero-order valence-electron chi connectivity index (χ0n) is 12.8. The van der Waals surface area contributed by atoms with Crippen molar-refractivity contribution in [1.82, 2.24) is 0 Å². The molecule has 0 unspecified atom stereocenters. The monoisotopic (exact) mass is 367 g/mol. The van der Waals surface area contributed by atoms with Gasteiger partial charge in [0.1, 0.15) is 5.82 Å². The predicted octanol–water partition coefficient (Wildman–Crippen LogP) is 4.82. The highest BCUT2D eigenvalue weighted by Crippen LogP contribution is 2.37. The van der Waals surface area contributed by atoms with Crippen LogP contribution >= 0.6 is 23.2 Å². The lowest BCUT2D eigenvalue weighted by molar-refractivity contribution is -0.125. The van der Waals surface area contributed by atoms with Crippen molar-refractivity contribution in [1.29, 1.82) is 0 Å². The molecule has 0 radical (unpaired) electrons. The maximum absolute atomic E-state index is 13.3. The molecule has 1 fully saturated rings. The van der Waals surface area contributed by atoms with Crippen molar-refractivity contribution < 1.29 is 13.9 Å². The summed E-state index contributed by atoms with van der Waals surface area (Å²) >= 11 is 12.0. The third-order valence-electron chi connectivity index (χ3n) is 4.36. The summed E-state index contributed by atoms with van der Waals surface area (Å²) in [7, 11) is 0. The van der Waals surface area contributed by atoms with Gasteiger partial charge >= 0.3 is 0 Å². The van der Waals surface area contributed by atoms with E-state index in [-0.39, 0.29) is 11.7 Å². The van der Waals surface area contributed by atoms with Crippen LogP contribution in [0.3, 0.4) is 0 Å². The summed E-state index contributed by atoms with van der Waals surface area (Å²) in [5, 5.41) is 3.75. The van der Waals surface area contributed by atoms with Gasteiger partial charge in [0.25, 0.3) is 0 Å². The van der Waals surface area contributed by atoms with Crippen LogP contribution in [0.4, 0.5) is 10.1 Å². The Hall–Kier alpha value is -1.62. The van der Waals surface area contributed by atoms with Gasteiger partial charge in [0, 0.05) is 18.2 Å². The minimum absolute atomic E-state index is 0.179. The lowest BCUT2D eigenvalue weighted by atomic mass is 9.73. The Labute approximate surface area is 149 Å². The molecule has 126 valence electrons. The molecular formula is C18H16Cl2FNO2. The first-order valence-electron chi connectivity index (χ1n) is 7.61. The highest BCUT2D eigenvalue weighted by Gasteiger charge is 2.41. The van der Waals surface area contributed by atoms with Crippen molar-refractivity contribution >= 4 is 34.8 Å². The van der Waals surface area contributed by atoms with Gasteiger partial charge in [-0.3, -0.25) is 4.79 Å². The fraction of sp³-hybridized carbons (Fsp3) is 0.278. The zero-order valence-corrected chi connectivity index (χ0v) is 14.3. The number of nitrogens with one attached hydrogen (secondary N) is 1. The molecule has 1 heterocycles. The number of rotatable bonds is 3. The van der Waals surface area contributed by atoms with Gasteiger partial charge in [0.2, 0.25) is 5.91 Å². The Kier molecular flexibility index (Phi) is 5.09. The molecule has 0 bridgehead atoms. The van der Waals surface area contributed by atoms with E-state index in [2.05, 4.69) is 5.32 Å². The molecule has 1 aliphatic rings. The summed E-state index contributed by atoms with van der Waals surface area (Å²) in [6.07, 6.45) is 1.05. The van der Waals surface area contributed by atoms with Crippen LogP contribution in [0.5, 0.6) is 0 Å². The Morgan fingerprint density at radius 1 is 1.08 bits per heavy atom. The Balaban J connectivity index is 1.93. The molecule has 2 aromatic rings. The number of amides is 1. The molecule has 0 saturated carbocycles. The smallest absolute Gasteiger partial charge is 0.235 e. The van der Waals surface area contributed by atoms with Crippen molar-refractivity contribution in [3.05, 3.63) is 63.9 Å². The standard InChI is InChI=1S/C18H16Cl2FNO2/c19-13-3-6-16(15(20)11-13)22-17(23)18(7-9-24-10-8-18)12-1-4-14(21)5-2-12/h1-6,11H,7-10H2,(H,22,23). The van der Waals surface area contributed by atoms with Crippen LogP contribution in [0.25, 0.3) is 0 Å². The lowest BCUT2D eigenvalue weighted by Gasteiger charge is -2.36. The Morgan fingerprint density at radius 2 is 1.75 bits per heavy atom. The molecule has 1 aliphatic heterocycles. The topological polar surface area (TPSA) is 38.3 Å². The number of hydrogen-bond donors (Lipinski definition) is 1. The van der Waals surface area contributed by atoms with E-state index in [9.17, 15) is 9.18 Å². The van der Waals surface area contributed by atoms with Crippen LogP contribution in [0.15, 0.2) is 42.5 Å². The maximum atomic E-state index is 13.3. The molecule has 0 aliphatic carbocycles. The molecule has 3 nitrogen and oxygen atoms in total. The normalized spacial score (nSPS) is 16.6. The number of carbonyl (C=O) groups is 1. The van der Waals surface area contributed by atoms with Crippen LogP contribution < -0.4 is 5.32 Å². The van der Waals surface area contributed by atoms with Crippen molar-refractivity contribution in [2.24, 2.45) is 0 Å². The van der Waals surface area contributed by atoms with E-state index < -0.39 is 5.41 Å². The van der Waals surface area contributed by atoms with Crippen LogP contribution in [0, 0.1) is 5.82 Å². The van der Waals surface area contributed by atoms with E-state index in [1.165, 1.54) is 12.1 Å². The molecule has 6 heteroatoms. The first-order valence-corrected chi connectivity index (χ1v) is 8.37. The van der Waals surface area contributed by atoms with Gasteiger partial charge in [-0.2, -0.15) is 0 Å². The number of anilines is 1. The van der Waals surface area contributed by atoms with E-state index in [1.807, 2.05) is 0 Å². The van der Waals surface area contributed by atoms with Gasteiger partial charge in [0.15, 0.2) is 0 Å². The Bertz CT molecular complexity index is 743. The second kappa shape index (κ2) is 7.09. The van der Waals surface area contributed by atoms with Crippen molar-refractivity contribution in [2.75, 3.05) is 18.5 Å².